The molecule has 1 nitrogen and oxygen atoms in total. The highest BCUT2D eigenvalue weighted by Crippen LogP contribution is 2.38. The van der Waals surface area contributed by atoms with Crippen LogP contribution in [0, 0.1) is 11.8 Å². The molecular weight excluding hydrogens is 220 g/mol. The highest BCUT2D eigenvalue weighted by Gasteiger charge is 2.30. The Hall–Kier alpha value is -1.08. The van der Waals surface area contributed by atoms with Crippen LogP contribution in [0.4, 0.5) is 0 Å². The Labute approximate surface area is 111 Å². The minimum atomic E-state index is -0.286. The van der Waals surface area contributed by atoms with E-state index in [0.717, 1.165) is 18.4 Å². The van der Waals surface area contributed by atoms with E-state index in [1.54, 1.807) is 0 Å². The molecule has 0 aromatic carbocycles. The molecule has 0 heterocycles. The number of hydrogen-bond donors (Lipinski definition) is 0. The van der Waals surface area contributed by atoms with Gasteiger partial charge in [-0.3, -0.25) is 0 Å². The maximum Gasteiger partial charge on any atom is 0.109 e. The molecular formula is C17H24O. The summed E-state index contributed by atoms with van der Waals surface area (Å²) < 4.78 is 6.13. The van der Waals surface area contributed by atoms with Gasteiger partial charge in [-0.1, -0.05) is 43.9 Å². The zero-order valence-corrected chi connectivity index (χ0v) is 11.6. The van der Waals surface area contributed by atoms with Crippen LogP contribution in [0.1, 0.15) is 33.1 Å². The van der Waals surface area contributed by atoms with Crippen molar-refractivity contribution < 1.29 is 4.74 Å². The lowest BCUT2D eigenvalue weighted by atomic mass is 9.90. The smallest absolute Gasteiger partial charge is 0.109 e. The van der Waals surface area contributed by atoms with Crippen molar-refractivity contribution in [3.05, 3.63) is 48.6 Å². The standard InChI is InChI=1S/C17H24O/c1-4-7-16-8-5-6-12-17(16,3)18-13-11-14(2)15-9-10-15/h4-8,12,14-15H,1,9-11,13H2,2-3H3/b16-7-. The van der Waals surface area contributed by atoms with Crippen LogP contribution < -0.4 is 0 Å². The third-order valence-electron chi connectivity index (χ3n) is 4.07. The van der Waals surface area contributed by atoms with Gasteiger partial charge >= 0.3 is 0 Å². The number of rotatable bonds is 6. The molecule has 0 N–H and O–H groups in total. The number of ether oxygens (including phenoxy) is 1. The van der Waals surface area contributed by atoms with E-state index < -0.39 is 0 Å². The average Bonchev–Trinajstić information content (AvgIpc) is 3.16. The zero-order chi connectivity index (χ0) is 13.0. The van der Waals surface area contributed by atoms with E-state index in [4.69, 9.17) is 4.74 Å². The van der Waals surface area contributed by atoms with E-state index in [9.17, 15) is 0 Å². The average molecular weight is 244 g/mol. The summed E-state index contributed by atoms with van der Waals surface area (Å²) in [5.74, 6) is 1.77. The maximum absolute atomic E-state index is 6.13. The molecule has 0 aromatic heterocycles. The van der Waals surface area contributed by atoms with Gasteiger partial charge in [0, 0.05) is 6.61 Å². The fourth-order valence-electron chi connectivity index (χ4n) is 2.50. The minimum Gasteiger partial charge on any atom is -0.366 e. The Morgan fingerprint density at radius 1 is 1.50 bits per heavy atom. The van der Waals surface area contributed by atoms with Crippen LogP contribution in [0.25, 0.3) is 0 Å². The molecule has 1 saturated carbocycles. The first-order valence-corrected chi connectivity index (χ1v) is 6.99. The molecule has 0 amide bonds. The molecule has 0 spiro atoms. The van der Waals surface area contributed by atoms with E-state index in [1.165, 1.54) is 24.8 Å². The van der Waals surface area contributed by atoms with Gasteiger partial charge < -0.3 is 4.74 Å². The van der Waals surface area contributed by atoms with E-state index in [-0.39, 0.29) is 5.60 Å². The Morgan fingerprint density at radius 2 is 2.28 bits per heavy atom. The summed E-state index contributed by atoms with van der Waals surface area (Å²) in [6, 6.07) is 0. The summed E-state index contributed by atoms with van der Waals surface area (Å²) in [5.41, 5.74) is 0.894. The molecule has 1 fully saturated rings. The van der Waals surface area contributed by atoms with Crippen LogP contribution in [0.5, 0.6) is 0 Å². The van der Waals surface area contributed by atoms with E-state index >= 15 is 0 Å². The van der Waals surface area contributed by atoms with Gasteiger partial charge in [0.05, 0.1) is 0 Å². The van der Waals surface area contributed by atoms with Crippen LogP contribution >= 0.6 is 0 Å². The van der Waals surface area contributed by atoms with Gasteiger partial charge in [0.2, 0.25) is 0 Å². The second-order valence-electron chi connectivity index (χ2n) is 5.63. The first-order valence-electron chi connectivity index (χ1n) is 6.99. The van der Waals surface area contributed by atoms with Crippen LogP contribution in [0.15, 0.2) is 48.6 Å². The molecule has 0 aliphatic heterocycles. The molecule has 0 radical (unpaired) electrons. The second-order valence-corrected chi connectivity index (χ2v) is 5.63. The summed E-state index contributed by atoms with van der Waals surface area (Å²) in [4.78, 5) is 0. The van der Waals surface area contributed by atoms with Gasteiger partial charge in [0.25, 0.3) is 0 Å². The summed E-state index contributed by atoms with van der Waals surface area (Å²) in [6.45, 7) is 9.08. The summed E-state index contributed by atoms with van der Waals surface area (Å²) >= 11 is 0. The van der Waals surface area contributed by atoms with Crippen LogP contribution in [0.2, 0.25) is 0 Å². The topological polar surface area (TPSA) is 9.23 Å². The van der Waals surface area contributed by atoms with E-state index in [1.807, 2.05) is 18.2 Å². The quantitative estimate of drug-likeness (QED) is 0.671. The summed E-state index contributed by atoms with van der Waals surface area (Å²) in [5, 5.41) is 0. The van der Waals surface area contributed by atoms with Crippen LogP contribution in [-0.2, 0) is 4.74 Å². The summed E-state index contributed by atoms with van der Waals surface area (Å²) in [7, 11) is 0. The Bertz CT molecular complexity index is 384. The van der Waals surface area contributed by atoms with Crippen molar-refractivity contribution in [3.8, 4) is 0 Å². The highest BCUT2D eigenvalue weighted by atomic mass is 16.5. The van der Waals surface area contributed by atoms with Crippen molar-refractivity contribution in [2.45, 2.75) is 38.7 Å². The molecule has 0 bridgehead atoms. The molecule has 18 heavy (non-hydrogen) atoms. The van der Waals surface area contributed by atoms with E-state index in [2.05, 4.69) is 38.7 Å². The highest BCUT2D eigenvalue weighted by molar-refractivity contribution is 5.41. The first kappa shape index (κ1) is 13.4. The predicted octanol–water partition coefficient (Wildman–Crippen LogP) is 4.44. The van der Waals surface area contributed by atoms with Crippen LogP contribution in [-0.4, -0.2) is 12.2 Å². The first-order chi connectivity index (χ1) is 8.65. The molecule has 0 aromatic rings. The Balaban J connectivity index is 1.88. The van der Waals surface area contributed by atoms with Gasteiger partial charge in [0.15, 0.2) is 0 Å². The third kappa shape index (κ3) is 3.23. The second kappa shape index (κ2) is 5.71. The van der Waals surface area contributed by atoms with Crippen molar-refractivity contribution in [2.75, 3.05) is 6.61 Å². The zero-order valence-electron chi connectivity index (χ0n) is 11.6. The number of hydrogen-bond acceptors (Lipinski definition) is 1. The van der Waals surface area contributed by atoms with Crippen molar-refractivity contribution in [1.29, 1.82) is 0 Å². The van der Waals surface area contributed by atoms with Crippen molar-refractivity contribution in [2.24, 2.45) is 11.8 Å². The molecule has 2 aliphatic rings. The van der Waals surface area contributed by atoms with Gasteiger partial charge in [-0.2, -0.15) is 0 Å². The van der Waals surface area contributed by atoms with Crippen molar-refractivity contribution in [3.63, 3.8) is 0 Å². The van der Waals surface area contributed by atoms with Gasteiger partial charge in [-0.05, 0) is 49.7 Å². The fourth-order valence-corrected chi connectivity index (χ4v) is 2.50. The Morgan fingerprint density at radius 3 is 2.94 bits per heavy atom. The largest absolute Gasteiger partial charge is 0.366 e. The SMILES string of the molecule is C=C/C=C1/C=CC=CC1(C)OCCC(C)C1CC1. The molecule has 98 valence electrons. The summed E-state index contributed by atoms with van der Waals surface area (Å²) in [6.07, 6.45) is 16.2. The lowest BCUT2D eigenvalue weighted by Gasteiger charge is -2.30. The van der Waals surface area contributed by atoms with Crippen LogP contribution in [0.3, 0.4) is 0 Å². The minimum absolute atomic E-state index is 0.286. The maximum atomic E-state index is 6.13. The molecule has 2 aliphatic carbocycles. The lowest BCUT2D eigenvalue weighted by Crippen LogP contribution is -2.30. The monoisotopic (exact) mass is 244 g/mol. The molecule has 0 saturated heterocycles. The Kier molecular flexibility index (Phi) is 4.23. The van der Waals surface area contributed by atoms with E-state index in [0.29, 0.717) is 0 Å². The lowest BCUT2D eigenvalue weighted by molar-refractivity contribution is 0.0262. The normalized spacial score (nSPS) is 30.7. The van der Waals surface area contributed by atoms with Gasteiger partial charge in [-0.15, -0.1) is 0 Å². The predicted molar refractivity (Wildman–Crippen MR) is 77.4 cm³/mol. The van der Waals surface area contributed by atoms with Gasteiger partial charge in [0.1, 0.15) is 5.60 Å². The van der Waals surface area contributed by atoms with Crippen molar-refractivity contribution >= 4 is 0 Å². The number of allylic oxidation sites excluding steroid dienone is 4. The molecule has 1 heteroatoms. The fraction of sp³-hybridized carbons (Fsp3) is 0.529. The van der Waals surface area contributed by atoms with Gasteiger partial charge in [-0.25, -0.2) is 0 Å². The van der Waals surface area contributed by atoms with Crippen molar-refractivity contribution in [1.82, 2.24) is 0 Å². The molecule has 2 unspecified atom stereocenters. The molecule has 2 atom stereocenters. The molecule has 2 rings (SSSR count). The third-order valence-corrected chi connectivity index (χ3v) is 4.07.